The Morgan fingerprint density at radius 2 is 2.00 bits per heavy atom. The molecule has 2 amide bonds. The lowest BCUT2D eigenvalue weighted by molar-refractivity contribution is -0.0923. The highest BCUT2D eigenvalue weighted by Crippen LogP contribution is 2.07. The number of rotatable bonds is 1. The van der Waals surface area contributed by atoms with Crippen LogP contribution >= 0.6 is 0 Å². The van der Waals surface area contributed by atoms with Crippen LogP contribution < -0.4 is 0 Å². The summed E-state index contributed by atoms with van der Waals surface area (Å²) < 4.78 is 0. The van der Waals surface area contributed by atoms with Gasteiger partial charge in [-0.15, -0.1) is 0 Å². The zero-order valence-corrected chi connectivity index (χ0v) is 7.40. The molecule has 12 heavy (non-hydrogen) atoms. The summed E-state index contributed by atoms with van der Waals surface area (Å²) in [5, 5.41) is 3.90. The number of carbonyl (C=O) groups excluding carboxylic acids is 1. The fourth-order valence-corrected chi connectivity index (χ4v) is 1.33. The SMILES string of the molecule is C=[N+]=NC1CN(C)C(=O)N(C)C1. The van der Waals surface area contributed by atoms with Gasteiger partial charge < -0.3 is 9.80 Å². The molecule has 0 aromatic heterocycles. The maximum absolute atomic E-state index is 11.2. The summed E-state index contributed by atoms with van der Waals surface area (Å²) in [6.07, 6.45) is 0. The molecule has 5 nitrogen and oxygen atoms in total. The second-order valence-electron chi connectivity index (χ2n) is 2.95. The minimum absolute atomic E-state index is 0.0329. The first-order valence-corrected chi connectivity index (χ1v) is 3.77. The van der Waals surface area contributed by atoms with Crippen molar-refractivity contribution in [1.82, 2.24) is 9.80 Å². The number of amides is 2. The Bertz CT molecular complexity index is 220. The smallest absolute Gasteiger partial charge is 0.319 e. The van der Waals surface area contributed by atoms with Crippen molar-refractivity contribution in [2.45, 2.75) is 6.04 Å². The fraction of sp³-hybridized carbons (Fsp3) is 0.714. The largest absolute Gasteiger partial charge is 0.325 e. The minimum atomic E-state index is 0.0329. The van der Waals surface area contributed by atoms with E-state index >= 15 is 0 Å². The number of hydrogen-bond donors (Lipinski definition) is 0. The van der Waals surface area contributed by atoms with Crippen molar-refractivity contribution in [3.8, 4) is 0 Å². The van der Waals surface area contributed by atoms with Crippen LogP contribution in [0.3, 0.4) is 0 Å². The highest BCUT2D eigenvalue weighted by atomic mass is 16.2. The Morgan fingerprint density at radius 3 is 2.42 bits per heavy atom. The molecule has 1 aliphatic rings. The van der Waals surface area contributed by atoms with E-state index < -0.39 is 0 Å². The van der Waals surface area contributed by atoms with E-state index in [1.54, 1.807) is 23.9 Å². The van der Waals surface area contributed by atoms with Crippen molar-refractivity contribution >= 4 is 12.7 Å². The van der Waals surface area contributed by atoms with Gasteiger partial charge in [-0.05, 0) is 0 Å². The molecular weight excluding hydrogens is 156 g/mol. The summed E-state index contributed by atoms with van der Waals surface area (Å²) >= 11 is 0. The molecule has 0 bridgehead atoms. The normalized spacial score (nSPS) is 19.3. The maximum atomic E-state index is 11.2. The zero-order chi connectivity index (χ0) is 9.14. The molecule has 0 N–H and O–H groups in total. The van der Waals surface area contributed by atoms with Gasteiger partial charge in [0.1, 0.15) is 0 Å². The molecule has 1 aliphatic heterocycles. The average Bonchev–Trinajstić information content (AvgIpc) is 2.01. The summed E-state index contributed by atoms with van der Waals surface area (Å²) in [4.78, 5) is 18.0. The highest BCUT2D eigenvalue weighted by Gasteiger charge is 2.28. The van der Waals surface area contributed by atoms with Crippen LogP contribution in [0, 0.1) is 0 Å². The van der Waals surface area contributed by atoms with E-state index in [-0.39, 0.29) is 12.1 Å². The van der Waals surface area contributed by atoms with Gasteiger partial charge in [0.25, 0.3) is 6.72 Å². The molecule has 0 spiro atoms. The molecule has 1 rings (SSSR count). The van der Waals surface area contributed by atoms with Crippen LogP contribution in [0.5, 0.6) is 0 Å². The molecular formula is C7H13N4O+. The van der Waals surface area contributed by atoms with E-state index in [0.29, 0.717) is 13.1 Å². The van der Waals surface area contributed by atoms with E-state index in [9.17, 15) is 4.79 Å². The molecule has 0 aromatic rings. The molecule has 1 fully saturated rings. The lowest BCUT2D eigenvalue weighted by atomic mass is 10.2. The van der Waals surface area contributed by atoms with Gasteiger partial charge in [0.15, 0.2) is 6.04 Å². The van der Waals surface area contributed by atoms with Gasteiger partial charge in [-0.2, -0.15) is 0 Å². The number of urea groups is 1. The Kier molecular flexibility index (Phi) is 2.45. The molecule has 0 radical (unpaired) electrons. The topological polar surface area (TPSA) is 50.0 Å². The third-order valence-corrected chi connectivity index (χ3v) is 1.87. The van der Waals surface area contributed by atoms with E-state index in [0.717, 1.165) is 0 Å². The molecule has 1 saturated heterocycles. The van der Waals surface area contributed by atoms with Crippen LogP contribution in [0.2, 0.25) is 0 Å². The second kappa shape index (κ2) is 3.36. The second-order valence-corrected chi connectivity index (χ2v) is 2.95. The monoisotopic (exact) mass is 169 g/mol. The lowest BCUT2D eigenvalue weighted by Gasteiger charge is -2.31. The van der Waals surface area contributed by atoms with Crippen LogP contribution in [0.25, 0.3) is 0 Å². The Balaban J connectivity index is 2.65. The third-order valence-electron chi connectivity index (χ3n) is 1.87. The zero-order valence-electron chi connectivity index (χ0n) is 7.40. The van der Waals surface area contributed by atoms with Gasteiger partial charge in [0.05, 0.1) is 18.2 Å². The predicted octanol–water partition coefficient (Wildman–Crippen LogP) is -0.287. The molecule has 0 aliphatic carbocycles. The average molecular weight is 169 g/mol. The Morgan fingerprint density at radius 1 is 1.50 bits per heavy atom. The van der Waals surface area contributed by atoms with E-state index in [2.05, 4.69) is 16.6 Å². The molecule has 0 saturated carbocycles. The van der Waals surface area contributed by atoms with Gasteiger partial charge in [-0.1, -0.05) is 0 Å². The van der Waals surface area contributed by atoms with Crippen LogP contribution in [-0.2, 0) is 0 Å². The minimum Gasteiger partial charge on any atom is -0.325 e. The number of carbonyl (C=O) groups is 1. The molecule has 66 valence electrons. The van der Waals surface area contributed by atoms with Crippen LogP contribution in [0.1, 0.15) is 0 Å². The lowest BCUT2D eigenvalue weighted by Crippen LogP contribution is -2.51. The van der Waals surface area contributed by atoms with Gasteiger partial charge >= 0.3 is 6.03 Å². The van der Waals surface area contributed by atoms with Crippen LogP contribution in [-0.4, -0.2) is 60.6 Å². The number of hydrogen-bond acceptors (Lipinski definition) is 2. The third kappa shape index (κ3) is 1.62. The van der Waals surface area contributed by atoms with Crippen molar-refractivity contribution < 1.29 is 9.58 Å². The first-order valence-electron chi connectivity index (χ1n) is 3.77. The van der Waals surface area contributed by atoms with Crippen molar-refractivity contribution in [3.63, 3.8) is 0 Å². The van der Waals surface area contributed by atoms with Crippen LogP contribution in [0.4, 0.5) is 4.79 Å². The van der Waals surface area contributed by atoms with E-state index in [1.165, 1.54) is 0 Å². The molecule has 0 aromatic carbocycles. The summed E-state index contributed by atoms with van der Waals surface area (Å²) in [6.45, 7) is 4.54. The molecule has 0 atom stereocenters. The first kappa shape index (κ1) is 8.74. The van der Waals surface area contributed by atoms with E-state index in [1.807, 2.05) is 0 Å². The molecule has 0 unspecified atom stereocenters. The predicted molar refractivity (Wildman–Crippen MR) is 44.3 cm³/mol. The van der Waals surface area contributed by atoms with Crippen molar-refractivity contribution in [2.24, 2.45) is 5.11 Å². The molecule has 5 heteroatoms. The summed E-state index contributed by atoms with van der Waals surface area (Å²) in [7, 11) is 3.51. The van der Waals surface area contributed by atoms with Gasteiger partial charge in [0.2, 0.25) is 0 Å². The fourth-order valence-electron chi connectivity index (χ4n) is 1.33. The Hall–Kier alpha value is -1.35. The number of nitrogens with zero attached hydrogens (tertiary/aromatic N) is 4. The molecule has 1 heterocycles. The maximum Gasteiger partial charge on any atom is 0.319 e. The van der Waals surface area contributed by atoms with E-state index in [4.69, 9.17) is 0 Å². The van der Waals surface area contributed by atoms with Crippen molar-refractivity contribution in [1.29, 1.82) is 0 Å². The van der Waals surface area contributed by atoms with Crippen LogP contribution in [0.15, 0.2) is 5.11 Å². The van der Waals surface area contributed by atoms with Gasteiger partial charge in [-0.3, -0.25) is 0 Å². The van der Waals surface area contributed by atoms with Gasteiger partial charge in [-0.25, -0.2) is 4.79 Å². The van der Waals surface area contributed by atoms with Gasteiger partial charge in [0, 0.05) is 18.9 Å². The quantitative estimate of drug-likeness (QED) is 0.302. The standard InChI is InChI=1S/C7H13N4O/c1-8-9-6-4-10(2)7(12)11(3)5-6/h6H,1,4-5H2,2-3H3/q+1. The number of likely N-dealkylation sites (N-methyl/N-ethyl adjacent to an activating group) is 2. The summed E-state index contributed by atoms with van der Waals surface area (Å²) in [5.41, 5.74) is 0. The summed E-state index contributed by atoms with van der Waals surface area (Å²) in [6, 6.07) is 0.0979. The first-order chi connectivity index (χ1) is 5.65. The Labute approximate surface area is 71.4 Å². The van der Waals surface area contributed by atoms with Crippen molar-refractivity contribution in [2.75, 3.05) is 27.2 Å². The van der Waals surface area contributed by atoms with Crippen molar-refractivity contribution in [3.05, 3.63) is 0 Å². The summed E-state index contributed by atoms with van der Waals surface area (Å²) in [5.74, 6) is 0. The highest BCUT2D eigenvalue weighted by molar-refractivity contribution is 5.74.